The zero-order valence-electron chi connectivity index (χ0n) is 14.4. The summed E-state index contributed by atoms with van der Waals surface area (Å²) in [4.78, 5) is 14.6. The van der Waals surface area contributed by atoms with Gasteiger partial charge in [0.15, 0.2) is 0 Å². The Labute approximate surface area is 140 Å². The van der Waals surface area contributed by atoms with Gasteiger partial charge in [0, 0.05) is 37.6 Å². The highest BCUT2D eigenvalue weighted by atomic mass is 16.3. The lowest BCUT2D eigenvalue weighted by Crippen LogP contribution is -2.49. The molecule has 0 unspecified atom stereocenters. The number of carbonyl (C=O) groups excluding carboxylic acids is 1. The molecule has 0 aromatic heterocycles. The van der Waals surface area contributed by atoms with Crippen LogP contribution in [0, 0.1) is 11.3 Å². The van der Waals surface area contributed by atoms with Gasteiger partial charge in [-0.05, 0) is 44.4 Å². The van der Waals surface area contributed by atoms with Gasteiger partial charge in [-0.2, -0.15) is 0 Å². The van der Waals surface area contributed by atoms with E-state index in [4.69, 9.17) is 0 Å². The van der Waals surface area contributed by atoms with E-state index in [1.807, 2.05) is 0 Å². The molecule has 1 heterocycles. The number of carbonyl (C=O) groups is 1. The number of hydrogen-bond acceptors (Lipinski definition) is 3. The third-order valence-corrected chi connectivity index (χ3v) is 6.08. The summed E-state index contributed by atoms with van der Waals surface area (Å²) in [7, 11) is 0. The molecule has 2 aliphatic carbocycles. The number of nitrogens with zero attached hydrogens (tertiary/aromatic N) is 1. The lowest BCUT2D eigenvalue weighted by molar-refractivity contribution is 0.155. The lowest BCUT2D eigenvalue weighted by atomic mass is 9.88. The fraction of sp³-hybridized carbons (Fsp3) is 0.944. The van der Waals surface area contributed by atoms with Gasteiger partial charge in [-0.1, -0.05) is 19.3 Å². The van der Waals surface area contributed by atoms with Gasteiger partial charge >= 0.3 is 6.03 Å². The van der Waals surface area contributed by atoms with E-state index in [0.717, 1.165) is 44.7 Å². The Hall–Kier alpha value is -0.810. The molecule has 0 spiro atoms. The van der Waals surface area contributed by atoms with E-state index in [1.54, 1.807) is 0 Å². The van der Waals surface area contributed by atoms with E-state index in [2.05, 4.69) is 15.5 Å². The SMILES string of the molecule is O=C(NCC1(CO)CC1)NC1CCN(CC2CCCCC2)CC1. The normalized spacial score (nSPS) is 26.0. The highest BCUT2D eigenvalue weighted by Gasteiger charge is 2.42. The van der Waals surface area contributed by atoms with Crippen molar-refractivity contribution in [2.45, 2.75) is 63.8 Å². The van der Waals surface area contributed by atoms with Gasteiger partial charge in [0.05, 0.1) is 6.61 Å². The second kappa shape index (κ2) is 7.84. The molecule has 3 aliphatic rings. The molecule has 0 radical (unpaired) electrons. The zero-order chi connectivity index (χ0) is 16.1. The summed E-state index contributed by atoms with van der Waals surface area (Å²) in [5.41, 5.74) is -0.0132. The van der Waals surface area contributed by atoms with Crippen LogP contribution in [0.1, 0.15) is 57.8 Å². The van der Waals surface area contributed by atoms with Crippen molar-refractivity contribution in [3.8, 4) is 0 Å². The van der Waals surface area contributed by atoms with Gasteiger partial charge in [0.1, 0.15) is 0 Å². The minimum Gasteiger partial charge on any atom is -0.396 e. The number of hydrogen-bond donors (Lipinski definition) is 3. The Morgan fingerprint density at radius 3 is 2.39 bits per heavy atom. The van der Waals surface area contributed by atoms with Crippen molar-refractivity contribution in [2.75, 3.05) is 32.8 Å². The van der Waals surface area contributed by atoms with Crippen LogP contribution in [0.4, 0.5) is 4.79 Å². The van der Waals surface area contributed by atoms with Crippen LogP contribution in [0.5, 0.6) is 0 Å². The Kier molecular flexibility index (Phi) is 5.81. The summed E-state index contributed by atoms with van der Waals surface area (Å²) in [6.07, 6.45) is 11.3. The molecule has 0 aromatic carbocycles. The summed E-state index contributed by atoms with van der Waals surface area (Å²) in [6, 6.07) is 0.248. The number of rotatable bonds is 6. The quantitative estimate of drug-likeness (QED) is 0.701. The van der Waals surface area contributed by atoms with Crippen molar-refractivity contribution in [2.24, 2.45) is 11.3 Å². The van der Waals surface area contributed by atoms with E-state index in [0.29, 0.717) is 12.6 Å². The molecule has 3 rings (SSSR count). The van der Waals surface area contributed by atoms with E-state index >= 15 is 0 Å². The molecular formula is C18H33N3O2. The van der Waals surface area contributed by atoms with Crippen LogP contribution in [0.2, 0.25) is 0 Å². The maximum atomic E-state index is 12.0. The van der Waals surface area contributed by atoms with E-state index in [1.165, 1.54) is 38.6 Å². The van der Waals surface area contributed by atoms with Crippen molar-refractivity contribution in [1.29, 1.82) is 0 Å². The molecule has 1 saturated heterocycles. The first kappa shape index (κ1) is 17.0. The van der Waals surface area contributed by atoms with Gasteiger partial charge in [-0.25, -0.2) is 4.79 Å². The number of nitrogens with one attached hydrogen (secondary N) is 2. The fourth-order valence-electron chi connectivity index (χ4n) is 4.07. The second-order valence-corrected chi connectivity index (χ2v) is 8.06. The van der Waals surface area contributed by atoms with Crippen molar-refractivity contribution in [3.05, 3.63) is 0 Å². The average molecular weight is 323 g/mol. The average Bonchev–Trinajstić information content (AvgIpc) is 3.37. The largest absolute Gasteiger partial charge is 0.396 e. The number of piperidine rings is 1. The van der Waals surface area contributed by atoms with Crippen LogP contribution in [-0.4, -0.2) is 54.9 Å². The molecule has 3 N–H and O–H groups in total. The van der Waals surface area contributed by atoms with E-state index in [9.17, 15) is 9.90 Å². The number of aliphatic hydroxyl groups is 1. The number of amides is 2. The predicted molar refractivity (Wildman–Crippen MR) is 91.3 cm³/mol. The Morgan fingerprint density at radius 2 is 1.78 bits per heavy atom. The highest BCUT2D eigenvalue weighted by Crippen LogP contribution is 2.44. The van der Waals surface area contributed by atoms with Crippen molar-refractivity contribution in [1.82, 2.24) is 15.5 Å². The summed E-state index contributed by atoms with van der Waals surface area (Å²) < 4.78 is 0. The van der Waals surface area contributed by atoms with Gasteiger partial charge in [0.2, 0.25) is 0 Å². The number of likely N-dealkylation sites (tertiary alicyclic amines) is 1. The van der Waals surface area contributed by atoms with Gasteiger partial charge in [0.25, 0.3) is 0 Å². The van der Waals surface area contributed by atoms with E-state index in [-0.39, 0.29) is 18.1 Å². The van der Waals surface area contributed by atoms with Gasteiger partial charge in [-0.15, -0.1) is 0 Å². The molecule has 1 aliphatic heterocycles. The maximum absolute atomic E-state index is 12.0. The molecule has 0 bridgehead atoms. The van der Waals surface area contributed by atoms with Crippen LogP contribution in [0.25, 0.3) is 0 Å². The lowest BCUT2D eigenvalue weighted by Gasteiger charge is -2.35. The third kappa shape index (κ3) is 5.08. The Bertz CT molecular complexity index is 384. The smallest absolute Gasteiger partial charge is 0.315 e. The van der Waals surface area contributed by atoms with Crippen molar-refractivity contribution in [3.63, 3.8) is 0 Å². The van der Waals surface area contributed by atoms with Crippen molar-refractivity contribution >= 4 is 6.03 Å². The summed E-state index contributed by atoms with van der Waals surface area (Å²) in [6.45, 7) is 4.28. The minimum absolute atomic E-state index is 0.0132. The van der Waals surface area contributed by atoms with E-state index < -0.39 is 0 Å². The van der Waals surface area contributed by atoms with Crippen LogP contribution < -0.4 is 10.6 Å². The summed E-state index contributed by atoms with van der Waals surface area (Å²) in [5.74, 6) is 0.907. The van der Waals surface area contributed by atoms with Gasteiger partial charge < -0.3 is 20.6 Å². The first-order valence-corrected chi connectivity index (χ1v) is 9.57. The maximum Gasteiger partial charge on any atom is 0.315 e. The monoisotopic (exact) mass is 323 g/mol. The third-order valence-electron chi connectivity index (χ3n) is 6.08. The molecule has 132 valence electrons. The molecule has 2 saturated carbocycles. The van der Waals surface area contributed by atoms with Gasteiger partial charge in [-0.3, -0.25) is 0 Å². The number of aliphatic hydroxyl groups excluding tert-OH is 1. The first-order valence-electron chi connectivity index (χ1n) is 9.57. The van der Waals surface area contributed by atoms with Crippen LogP contribution >= 0.6 is 0 Å². The van der Waals surface area contributed by atoms with Crippen LogP contribution in [0.3, 0.4) is 0 Å². The van der Waals surface area contributed by atoms with Crippen molar-refractivity contribution < 1.29 is 9.90 Å². The summed E-state index contributed by atoms with van der Waals surface area (Å²) in [5, 5.41) is 15.3. The molecule has 3 fully saturated rings. The molecule has 2 amide bonds. The Balaban J connectivity index is 1.30. The fourth-order valence-corrected chi connectivity index (χ4v) is 4.07. The van der Waals surface area contributed by atoms with Crippen LogP contribution in [-0.2, 0) is 0 Å². The summed E-state index contributed by atoms with van der Waals surface area (Å²) >= 11 is 0. The van der Waals surface area contributed by atoms with Crippen LogP contribution in [0.15, 0.2) is 0 Å². The molecule has 5 nitrogen and oxygen atoms in total. The standard InChI is InChI=1S/C18H33N3O2/c22-14-18(8-9-18)13-19-17(23)20-16-6-10-21(11-7-16)12-15-4-2-1-3-5-15/h15-16,22H,1-14H2,(H2,19,20,23). The number of urea groups is 1. The molecule has 0 aromatic rings. The predicted octanol–water partition coefficient (Wildman–Crippen LogP) is 2.10. The Morgan fingerprint density at radius 1 is 1.09 bits per heavy atom. The minimum atomic E-state index is -0.0598. The first-order chi connectivity index (χ1) is 11.2. The zero-order valence-corrected chi connectivity index (χ0v) is 14.4. The second-order valence-electron chi connectivity index (χ2n) is 8.06. The highest BCUT2D eigenvalue weighted by molar-refractivity contribution is 5.74. The molecule has 0 atom stereocenters. The topological polar surface area (TPSA) is 64.6 Å². The molecule has 23 heavy (non-hydrogen) atoms. The molecule has 5 heteroatoms. The molecular weight excluding hydrogens is 290 g/mol.